The van der Waals surface area contributed by atoms with Crippen molar-refractivity contribution in [1.29, 1.82) is 0 Å². The van der Waals surface area contributed by atoms with Gasteiger partial charge in [-0.05, 0) is 28.2 Å². The zero-order valence-electron chi connectivity index (χ0n) is 19.3. The fraction of sp³-hybridized carbons (Fsp3) is 0.423. The molecular formula is C26H28F2N2O5. The normalized spacial score (nSPS) is 20.3. The molecule has 2 aromatic rings. The minimum absolute atomic E-state index is 0.0146. The largest absolute Gasteiger partial charge is 0.481 e. The molecule has 0 aromatic heterocycles. The van der Waals surface area contributed by atoms with Crippen molar-refractivity contribution in [3.8, 4) is 11.1 Å². The van der Waals surface area contributed by atoms with Crippen LogP contribution in [0.15, 0.2) is 48.5 Å². The molecule has 186 valence electrons. The molecule has 2 aliphatic carbocycles. The van der Waals surface area contributed by atoms with Gasteiger partial charge in [0.2, 0.25) is 5.91 Å². The van der Waals surface area contributed by atoms with Crippen LogP contribution in [-0.4, -0.2) is 48.7 Å². The Hall–Kier alpha value is -3.49. The minimum atomic E-state index is -3.24. The van der Waals surface area contributed by atoms with Gasteiger partial charge in [-0.1, -0.05) is 61.9 Å². The first-order chi connectivity index (χ1) is 16.7. The lowest BCUT2D eigenvalue weighted by atomic mass is 9.98. The molecule has 0 saturated heterocycles. The van der Waals surface area contributed by atoms with Crippen molar-refractivity contribution in [2.45, 2.75) is 31.6 Å². The Balaban J connectivity index is 1.27. The number of carbonyl (C=O) groups excluding carboxylic acids is 2. The monoisotopic (exact) mass is 486 g/mol. The van der Waals surface area contributed by atoms with Gasteiger partial charge in [-0.15, -0.1) is 0 Å². The molecule has 2 aromatic carbocycles. The van der Waals surface area contributed by atoms with Crippen LogP contribution in [-0.2, 0) is 14.3 Å². The van der Waals surface area contributed by atoms with Crippen LogP contribution < -0.4 is 10.6 Å². The summed E-state index contributed by atoms with van der Waals surface area (Å²) < 4.78 is 33.7. The predicted molar refractivity (Wildman–Crippen MR) is 124 cm³/mol. The number of nitrogens with one attached hydrogen (secondary N) is 2. The Bertz CT molecular complexity index is 1080. The SMILES string of the molecule is CCC(CNC(=O)C1C(CNC(=O)OCC2c3ccccc3-c3ccccc32)C1(F)F)CC(=O)O. The molecule has 1 fully saturated rings. The van der Waals surface area contributed by atoms with E-state index in [2.05, 4.69) is 10.6 Å². The average Bonchev–Trinajstić information content (AvgIpc) is 3.24. The van der Waals surface area contributed by atoms with E-state index < -0.39 is 42.3 Å². The van der Waals surface area contributed by atoms with Gasteiger partial charge in [0.25, 0.3) is 5.92 Å². The van der Waals surface area contributed by atoms with Crippen LogP contribution in [0.3, 0.4) is 0 Å². The van der Waals surface area contributed by atoms with Crippen LogP contribution in [0.1, 0.15) is 36.8 Å². The fourth-order valence-electron chi connectivity index (χ4n) is 4.81. The van der Waals surface area contributed by atoms with E-state index in [9.17, 15) is 23.2 Å². The van der Waals surface area contributed by atoms with Gasteiger partial charge in [0.1, 0.15) is 12.5 Å². The van der Waals surface area contributed by atoms with Crippen molar-refractivity contribution in [1.82, 2.24) is 10.6 Å². The molecule has 2 aliphatic rings. The van der Waals surface area contributed by atoms with E-state index in [-0.39, 0.29) is 31.4 Å². The number of carboxylic acids is 1. The molecule has 0 bridgehead atoms. The molecule has 3 atom stereocenters. The topological polar surface area (TPSA) is 105 Å². The second-order valence-electron chi connectivity index (χ2n) is 9.08. The van der Waals surface area contributed by atoms with E-state index in [0.717, 1.165) is 22.3 Å². The second-order valence-corrected chi connectivity index (χ2v) is 9.08. The van der Waals surface area contributed by atoms with Gasteiger partial charge in [-0.2, -0.15) is 0 Å². The highest BCUT2D eigenvalue weighted by Crippen LogP contribution is 2.55. The number of ether oxygens (including phenoxy) is 1. The Morgan fingerprint density at radius 2 is 1.63 bits per heavy atom. The van der Waals surface area contributed by atoms with Gasteiger partial charge in [-0.3, -0.25) is 9.59 Å². The van der Waals surface area contributed by atoms with Gasteiger partial charge in [-0.25, -0.2) is 13.6 Å². The molecule has 3 N–H and O–H groups in total. The van der Waals surface area contributed by atoms with Crippen molar-refractivity contribution in [3.63, 3.8) is 0 Å². The van der Waals surface area contributed by atoms with E-state index >= 15 is 0 Å². The number of carbonyl (C=O) groups is 3. The van der Waals surface area contributed by atoms with E-state index in [4.69, 9.17) is 9.84 Å². The number of amides is 2. The highest BCUT2D eigenvalue weighted by Gasteiger charge is 2.71. The summed E-state index contributed by atoms with van der Waals surface area (Å²) in [4.78, 5) is 35.3. The molecule has 1 saturated carbocycles. The third-order valence-corrected chi connectivity index (χ3v) is 6.90. The number of hydrogen-bond acceptors (Lipinski definition) is 4. The first-order valence-electron chi connectivity index (χ1n) is 11.7. The number of halogens is 2. The Kier molecular flexibility index (Phi) is 7.05. The lowest BCUT2D eigenvalue weighted by Gasteiger charge is -2.14. The van der Waals surface area contributed by atoms with Crippen molar-refractivity contribution >= 4 is 18.0 Å². The number of carboxylic acid groups (broad SMARTS) is 1. The maximum absolute atomic E-state index is 14.2. The third kappa shape index (κ3) is 5.13. The predicted octanol–water partition coefficient (Wildman–Crippen LogP) is 4.02. The van der Waals surface area contributed by atoms with Gasteiger partial charge in [0.15, 0.2) is 0 Å². The summed E-state index contributed by atoms with van der Waals surface area (Å²) in [5, 5.41) is 13.7. The van der Waals surface area contributed by atoms with Gasteiger partial charge in [0, 0.05) is 25.4 Å². The lowest BCUT2D eigenvalue weighted by Crippen LogP contribution is -2.33. The van der Waals surface area contributed by atoms with Crippen LogP contribution in [0.4, 0.5) is 13.6 Å². The number of benzene rings is 2. The Labute approximate surface area is 201 Å². The first kappa shape index (κ1) is 24.6. The molecule has 3 unspecified atom stereocenters. The highest BCUT2D eigenvalue weighted by molar-refractivity contribution is 5.84. The van der Waals surface area contributed by atoms with Gasteiger partial charge < -0.3 is 20.5 Å². The van der Waals surface area contributed by atoms with Crippen molar-refractivity contribution in [2.75, 3.05) is 19.7 Å². The van der Waals surface area contributed by atoms with Crippen LogP contribution in [0.5, 0.6) is 0 Å². The molecule has 2 amide bonds. The van der Waals surface area contributed by atoms with E-state index in [1.807, 2.05) is 48.5 Å². The fourth-order valence-corrected chi connectivity index (χ4v) is 4.81. The summed E-state index contributed by atoms with van der Waals surface area (Å²) in [7, 11) is 0. The number of alkyl halides is 2. The van der Waals surface area contributed by atoms with Crippen LogP contribution in [0.25, 0.3) is 11.1 Å². The molecule has 9 heteroatoms. The summed E-state index contributed by atoms with van der Waals surface area (Å²) in [5.74, 6) is -8.45. The Morgan fingerprint density at radius 3 is 2.20 bits per heavy atom. The van der Waals surface area contributed by atoms with Crippen molar-refractivity contribution in [2.24, 2.45) is 17.8 Å². The molecule has 0 heterocycles. The average molecular weight is 487 g/mol. The van der Waals surface area contributed by atoms with Crippen LogP contribution in [0.2, 0.25) is 0 Å². The summed E-state index contributed by atoms with van der Waals surface area (Å²) in [6, 6.07) is 15.7. The summed E-state index contributed by atoms with van der Waals surface area (Å²) in [6.45, 7) is 1.45. The summed E-state index contributed by atoms with van der Waals surface area (Å²) >= 11 is 0. The van der Waals surface area contributed by atoms with E-state index in [1.165, 1.54) is 0 Å². The number of alkyl carbamates (subject to hydrolysis) is 1. The summed E-state index contributed by atoms with van der Waals surface area (Å²) in [5.41, 5.74) is 4.25. The molecule has 4 rings (SSSR count). The lowest BCUT2D eigenvalue weighted by molar-refractivity contribution is -0.138. The second kappa shape index (κ2) is 10.0. The minimum Gasteiger partial charge on any atom is -0.481 e. The first-order valence-corrected chi connectivity index (χ1v) is 11.7. The maximum Gasteiger partial charge on any atom is 0.407 e. The molecular weight excluding hydrogens is 458 g/mol. The zero-order chi connectivity index (χ0) is 25.2. The Morgan fingerprint density at radius 1 is 1.03 bits per heavy atom. The van der Waals surface area contributed by atoms with Crippen molar-refractivity contribution < 1.29 is 33.0 Å². The molecule has 35 heavy (non-hydrogen) atoms. The molecule has 7 nitrogen and oxygen atoms in total. The molecule has 0 spiro atoms. The number of fused-ring (bicyclic) bond motifs is 3. The van der Waals surface area contributed by atoms with Gasteiger partial charge >= 0.3 is 12.1 Å². The smallest absolute Gasteiger partial charge is 0.407 e. The number of hydrogen-bond donors (Lipinski definition) is 3. The van der Waals surface area contributed by atoms with E-state index in [1.54, 1.807) is 6.92 Å². The summed E-state index contributed by atoms with van der Waals surface area (Å²) in [6.07, 6.45) is -0.466. The zero-order valence-corrected chi connectivity index (χ0v) is 19.3. The van der Waals surface area contributed by atoms with Crippen LogP contribution in [0, 0.1) is 17.8 Å². The van der Waals surface area contributed by atoms with Gasteiger partial charge in [0.05, 0.1) is 5.92 Å². The highest BCUT2D eigenvalue weighted by atomic mass is 19.3. The number of rotatable bonds is 10. The standard InChI is InChI=1S/C26H28F2N2O5/c1-2-15(11-22(31)32)12-29-24(33)23-21(26(23,27)28)13-30-25(34)35-14-20-18-9-5-3-7-16(18)17-8-4-6-10-19(17)20/h3-10,15,20-21,23H,2,11-14H2,1H3,(H,29,33)(H,30,34)(H,31,32). The quantitative estimate of drug-likeness (QED) is 0.471. The molecule has 0 radical (unpaired) electrons. The third-order valence-electron chi connectivity index (χ3n) is 6.90. The van der Waals surface area contributed by atoms with E-state index in [0.29, 0.717) is 6.42 Å². The van der Waals surface area contributed by atoms with Crippen molar-refractivity contribution in [3.05, 3.63) is 59.7 Å². The molecule has 0 aliphatic heterocycles. The maximum atomic E-state index is 14.2. The van der Waals surface area contributed by atoms with Crippen LogP contribution >= 0.6 is 0 Å². The number of aliphatic carboxylic acids is 1.